The molecule has 1 atom stereocenters. The Morgan fingerprint density at radius 3 is 2.75 bits per heavy atom. The van der Waals surface area contributed by atoms with Crippen molar-refractivity contribution in [3.8, 4) is 0 Å². The quantitative estimate of drug-likeness (QED) is 0.812. The summed E-state index contributed by atoms with van der Waals surface area (Å²) in [6.45, 7) is 7.81. The fourth-order valence-corrected chi connectivity index (χ4v) is 3.76. The van der Waals surface area contributed by atoms with Crippen LogP contribution in [0.15, 0.2) is 10.4 Å². The normalized spacial score (nSPS) is 24.7. The van der Waals surface area contributed by atoms with Crippen molar-refractivity contribution in [2.75, 3.05) is 25.4 Å². The standard InChI is InChI=1S/C9H17N3S2.C2H6/c10-9-11-7-8(14-9)13-6-5-12-3-1-2-4-12;1-2/h7,9,11H,1-6,10H2;1-2H3. The molecule has 94 valence electrons. The Kier molecular flexibility index (Phi) is 7.36. The van der Waals surface area contributed by atoms with Gasteiger partial charge in [-0.3, -0.25) is 0 Å². The molecule has 0 bridgehead atoms. The van der Waals surface area contributed by atoms with Crippen LogP contribution >= 0.6 is 23.5 Å². The van der Waals surface area contributed by atoms with Gasteiger partial charge >= 0.3 is 0 Å². The predicted octanol–water partition coefficient (Wildman–Crippen LogP) is 2.22. The number of nitrogens with one attached hydrogen (secondary N) is 1. The molecular weight excluding hydrogens is 238 g/mol. The molecule has 2 aliphatic rings. The number of nitrogens with zero attached hydrogens (tertiary/aromatic N) is 1. The predicted molar refractivity (Wildman–Crippen MR) is 76.3 cm³/mol. The Morgan fingerprint density at radius 2 is 2.19 bits per heavy atom. The van der Waals surface area contributed by atoms with Crippen LogP contribution in [0.2, 0.25) is 0 Å². The molecule has 0 radical (unpaired) electrons. The zero-order chi connectivity index (χ0) is 11.8. The van der Waals surface area contributed by atoms with Gasteiger partial charge in [0.05, 0.1) is 4.24 Å². The van der Waals surface area contributed by atoms with Crippen molar-refractivity contribution >= 4 is 23.5 Å². The van der Waals surface area contributed by atoms with E-state index < -0.39 is 0 Å². The first-order chi connectivity index (χ1) is 7.84. The Balaban J connectivity index is 0.000000606. The van der Waals surface area contributed by atoms with E-state index in [4.69, 9.17) is 5.73 Å². The largest absolute Gasteiger partial charge is 0.366 e. The molecule has 1 saturated heterocycles. The third-order valence-corrected chi connectivity index (χ3v) is 4.63. The monoisotopic (exact) mass is 261 g/mol. The summed E-state index contributed by atoms with van der Waals surface area (Å²) in [5.74, 6) is 1.19. The average molecular weight is 261 g/mol. The van der Waals surface area contributed by atoms with Crippen molar-refractivity contribution in [3.63, 3.8) is 0 Å². The van der Waals surface area contributed by atoms with Crippen LogP contribution in [-0.4, -0.2) is 35.8 Å². The van der Waals surface area contributed by atoms with Gasteiger partial charge in [0.15, 0.2) is 0 Å². The van der Waals surface area contributed by atoms with E-state index >= 15 is 0 Å². The zero-order valence-corrected chi connectivity index (χ0v) is 11.9. The van der Waals surface area contributed by atoms with E-state index in [1.165, 1.54) is 42.5 Å². The number of rotatable bonds is 4. The molecule has 1 unspecified atom stereocenters. The molecule has 0 amide bonds. The van der Waals surface area contributed by atoms with Gasteiger partial charge < -0.3 is 16.0 Å². The van der Waals surface area contributed by atoms with E-state index in [1.54, 1.807) is 11.8 Å². The summed E-state index contributed by atoms with van der Waals surface area (Å²) >= 11 is 3.63. The molecule has 16 heavy (non-hydrogen) atoms. The van der Waals surface area contributed by atoms with Crippen molar-refractivity contribution in [2.45, 2.75) is 32.2 Å². The van der Waals surface area contributed by atoms with Gasteiger partial charge in [-0.15, -0.1) is 11.8 Å². The summed E-state index contributed by atoms with van der Waals surface area (Å²) in [4.78, 5) is 2.54. The second-order valence-corrected chi connectivity index (χ2v) is 6.14. The zero-order valence-electron chi connectivity index (χ0n) is 10.2. The van der Waals surface area contributed by atoms with Crippen LogP contribution in [0.5, 0.6) is 0 Å². The molecule has 1 fully saturated rings. The summed E-state index contributed by atoms with van der Waals surface area (Å²) in [6.07, 6.45) is 4.80. The van der Waals surface area contributed by atoms with Gasteiger partial charge in [0.1, 0.15) is 5.50 Å². The molecule has 0 aromatic carbocycles. The second-order valence-electron chi connectivity index (χ2n) is 3.57. The van der Waals surface area contributed by atoms with Crippen molar-refractivity contribution in [3.05, 3.63) is 10.4 Å². The highest BCUT2D eigenvalue weighted by Gasteiger charge is 2.14. The smallest absolute Gasteiger partial charge is 0.127 e. The van der Waals surface area contributed by atoms with Crippen LogP contribution in [0.25, 0.3) is 0 Å². The maximum absolute atomic E-state index is 5.70. The topological polar surface area (TPSA) is 41.3 Å². The fraction of sp³-hybridized carbons (Fsp3) is 0.818. The first kappa shape index (κ1) is 14.2. The first-order valence-corrected chi connectivity index (χ1v) is 7.95. The minimum atomic E-state index is 0.0734. The lowest BCUT2D eigenvalue weighted by molar-refractivity contribution is 0.362. The van der Waals surface area contributed by atoms with E-state index in [-0.39, 0.29) is 5.50 Å². The summed E-state index contributed by atoms with van der Waals surface area (Å²) in [5, 5.41) is 3.09. The highest BCUT2D eigenvalue weighted by atomic mass is 32.2. The Labute approximate surface area is 108 Å². The van der Waals surface area contributed by atoms with Crippen molar-refractivity contribution < 1.29 is 0 Å². The molecule has 0 aromatic heterocycles. The lowest BCUT2D eigenvalue weighted by Gasteiger charge is -2.13. The Bertz CT molecular complexity index is 215. The lowest BCUT2D eigenvalue weighted by atomic mass is 10.4. The molecule has 0 aliphatic carbocycles. The summed E-state index contributed by atoms with van der Waals surface area (Å²) in [6, 6.07) is 0. The number of thioether (sulfide) groups is 2. The van der Waals surface area contributed by atoms with Crippen molar-refractivity contribution in [1.82, 2.24) is 10.2 Å². The van der Waals surface area contributed by atoms with E-state index in [0.717, 1.165) is 0 Å². The van der Waals surface area contributed by atoms with Gasteiger partial charge in [-0.1, -0.05) is 25.6 Å². The minimum Gasteiger partial charge on any atom is -0.366 e. The van der Waals surface area contributed by atoms with Gasteiger partial charge in [0, 0.05) is 18.5 Å². The summed E-state index contributed by atoms with van der Waals surface area (Å²) in [7, 11) is 0. The number of likely N-dealkylation sites (tertiary alicyclic amines) is 1. The molecule has 3 nitrogen and oxygen atoms in total. The first-order valence-electron chi connectivity index (χ1n) is 6.08. The van der Waals surface area contributed by atoms with Gasteiger partial charge in [-0.2, -0.15) is 0 Å². The maximum Gasteiger partial charge on any atom is 0.127 e. The van der Waals surface area contributed by atoms with Gasteiger partial charge in [-0.05, 0) is 25.9 Å². The van der Waals surface area contributed by atoms with Crippen LogP contribution in [0.4, 0.5) is 0 Å². The fourth-order valence-electron chi connectivity index (χ4n) is 1.70. The molecule has 5 heteroatoms. The van der Waals surface area contributed by atoms with Gasteiger partial charge in [0.25, 0.3) is 0 Å². The van der Waals surface area contributed by atoms with Crippen LogP contribution < -0.4 is 11.1 Å². The van der Waals surface area contributed by atoms with E-state index in [9.17, 15) is 0 Å². The average Bonchev–Trinajstić information content (AvgIpc) is 2.93. The Hall–Kier alpha value is 0.160. The van der Waals surface area contributed by atoms with Crippen LogP contribution in [0, 0.1) is 0 Å². The molecule has 2 aliphatic heterocycles. The number of nitrogens with two attached hydrogens (primary N) is 1. The van der Waals surface area contributed by atoms with Gasteiger partial charge in [-0.25, -0.2) is 0 Å². The SMILES string of the molecule is CC.NC1NC=C(SCCN2CCCC2)S1. The third-order valence-electron chi connectivity index (χ3n) is 2.46. The van der Waals surface area contributed by atoms with Crippen LogP contribution in [0.1, 0.15) is 26.7 Å². The number of hydrogen-bond donors (Lipinski definition) is 2. The summed E-state index contributed by atoms with van der Waals surface area (Å²) in [5.41, 5.74) is 5.77. The summed E-state index contributed by atoms with van der Waals surface area (Å²) < 4.78 is 1.33. The van der Waals surface area contributed by atoms with Gasteiger partial charge in [0.2, 0.25) is 0 Å². The second kappa shape index (κ2) is 8.28. The van der Waals surface area contributed by atoms with Crippen molar-refractivity contribution in [1.29, 1.82) is 0 Å². The highest BCUT2D eigenvalue weighted by molar-refractivity contribution is 8.22. The van der Waals surface area contributed by atoms with E-state index in [0.29, 0.717) is 0 Å². The van der Waals surface area contributed by atoms with Crippen LogP contribution in [-0.2, 0) is 0 Å². The number of hydrogen-bond acceptors (Lipinski definition) is 5. The molecular formula is C11H23N3S2. The molecule has 3 N–H and O–H groups in total. The molecule has 0 saturated carbocycles. The molecule has 2 rings (SSSR count). The molecule has 0 aromatic rings. The molecule has 2 heterocycles. The maximum atomic E-state index is 5.70. The third kappa shape index (κ3) is 4.99. The van der Waals surface area contributed by atoms with Crippen LogP contribution in [0.3, 0.4) is 0 Å². The molecule has 0 spiro atoms. The van der Waals surface area contributed by atoms with E-state index in [2.05, 4.69) is 10.2 Å². The Morgan fingerprint density at radius 1 is 1.50 bits per heavy atom. The minimum absolute atomic E-state index is 0.0734. The van der Waals surface area contributed by atoms with E-state index in [1.807, 2.05) is 31.8 Å². The highest BCUT2D eigenvalue weighted by Crippen LogP contribution is 2.32. The lowest BCUT2D eigenvalue weighted by Crippen LogP contribution is -2.25. The van der Waals surface area contributed by atoms with Crippen molar-refractivity contribution in [2.24, 2.45) is 5.73 Å².